The molecule has 0 saturated carbocycles. The summed E-state index contributed by atoms with van der Waals surface area (Å²) in [7, 11) is 0. The smallest absolute Gasteiger partial charge is 0.306 e. The molecule has 1 fully saturated rings. The van der Waals surface area contributed by atoms with Crippen LogP contribution in [0.3, 0.4) is 0 Å². The van der Waals surface area contributed by atoms with Gasteiger partial charge in [0, 0.05) is 19.5 Å². The van der Waals surface area contributed by atoms with Gasteiger partial charge in [-0.3, -0.25) is 9.59 Å². The van der Waals surface area contributed by atoms with E-state index < -0.39 is 0 Å². The topological polar surface area (TPSA) is 46.6 Å². The molecule has 19 heavy (non-hydrogen) atoms. The molecular weight excluding hydrogens is 242 g/mol. The highest BCUT2D eigenvalue weighted by Crippen LogP contribution is 2.22. The summed E-state index contributed by atoms with van der Waals surface area (Å²) < 4.78 is 4.84. The highest BCUT2D eigenvalue weighted by molar-refractivity contribution is 5.81. The molecule has 0 aromatic heterocycles. The third kappa shape index (κ3) is 6.08. The molecule has 0 aromatic rings. The van der Waals surface area contributed by atoms with Gasteiger partial charge in [0.05, 0.1) is 13.0 Å². The number of hydrogen-bond acceptors (Lipinski definition) is 3. The van der Waals surface area contributed by atoms with E-state index in [1.165, 1.54) is 19.3 Å². The van der Waals surface area contributed by atoms with Gasteiger partial charge in [0.1, 0.15) is 0 Å². The lowest BCUT2D eigenvalue weighted by atomic mass is 9.96. The SMILES string of the molecule is CCCC1CCCN(C(=O)CCC(=O)OCC)CC1. The van der Waals surface area contributed by atoms with Gasteiger partial charge in [-0.05, 0) is 32.1 Å². The second-order valence-electron chi connectivity index (χ2n) is 5.27. The summed E-state index contributed by atoms with van der Waals surface area (Å²) >= 11 is 0. The number of rotatable bonds is 6. The molecule has 1 atom stereocenters. The first kappa shape index (κ1) is 16.0. The van der Waals surface area contributed by atoms with Crippen LogP contribution < -0.4 is 0 Å². The molecule has 0 aromatic carbocycles. The predicted octanol–water partition coefficient (Wildman–Crippen LogP) is 2.76. The molecule has 0 N–H and O–H groups in total. The minimum Gasteiger partial charge on any atom is -0.466 e. The molecule has 1 aliphatic rings. The van der Waals surface area contributed by atoms with Crippen molar-refractivity contribution in [2.75, 3.05) is 19.7 Å². The lowest BCUT2D eigenvalue weighted by molar-refractivity contribution is -0.145. The van der Waals surface area contributed by atoms with Gasteiger partial charge in [-0.1, -0.05) is 19.8 Å². The molecule has 1 aliphatic heterocycles. The number of carbonyl (C=O) groups excluding carboxylic acids is 2. The van der Waals surface area contributed by atoms with E-state index in [4.69, 9.17) is 4.74 Å². The molecule has 4 nitrogen and oxygen atoms in total. The van der Waals surface area contributed by atoms with Gasteiger partial charge in [0.2, 0.25) is 5.91 Å². The Bertz CT molecular complexity index is 291. The Kier molecular flexibility index (Phi) is 7.53. The van der Waals surface area contributed by atoms with Gasteiger partial charge in [0.15, 0.2) is 0 Å². The van der Waals surface area contributed by atoms with Crippen LogP contribution in [0, 0.1) is 5.92 Å². The van der Waals surface area contributed by atoms with Crippen molar-refractivity contribution < 1.29 is 14.3 Å². The summed E-state index contributed by atoms with van der Waals surface area (Å²) in [6.45, 7) is 6.08. The van der Waals surface area contributed by atoms with Crippen LogP contribution in [0.2, 0.25) is 0 Å². The zero-order valence-electron chi connectivity index (χ0n) is 12.3. The average Bonchev–Trinajstić information content (AvgIpc) is 2.62. The van der Waals surface area contributed by atoms with Crippen molar-refractivity contribution in [2.45, 2.75) is 58.8 Å². The number of carbonyl (C=O) groups is 2. The van der Waals surface area contributed by atoms with Gasteiger partial charge >= 0.3 is 5.97 Å². The van der Waals surface area contributed by atoms with Crippen LogP contribution >= 0.6 is 0 Å². The van der Waals surface area contributed by atoms with Crippen molar-refractivity contribution in [1.82, 2.24) is 4.90 Å². The van der Waals surface area contributed by atoms with Gasteiger partial charge in [-0.25, -0.2) is 0 Å². The maximum atomic E-state index is 12.0. The van der Waals surface area contributed by atoms with Gasteiger partial charge < -0.3 is 9.64 Å². The Hall–Kier alpha value is -1.06. The monoisotopic (exact) mass is 269 g/mol. The van der Waals surface area contributed by atoms with Crippen LogP contribution in [0.5, 0.6) is 0 Å². The van der Waals surface area contributed by atoms with Gasteiger partial charge in [0.25, 0.3) is 0 Å². The van der Waals surface area contributed by atoms with E-state index in [9.17, 15) is 9.59 Å². The molecule has 0 spiro atoms. The van der Waals surface area contributed by atoms with Crippen molar-refractivity contribution >= 4 is 11.9 Å². The second-order valence-corrected chi connectivity index (χ2v) is 5.27. The van der Waals surface area contributed by atoms with Crippen molar-refractivity contribution in [3.8, 4) is 0 Å². The van der Waals surface area contributed by atoms with E-state index in [2.05, 4.69) is 6.92 Å². The second kappa shape index (κ2) is 8.94. The zero-order chi connectivity index (χ0) is 14.1. The van der Waals surface area contributed by atoms with Crippen molar-refractivity contribution in [3.63, 3.8) is 0 Å². The highest BCUT2D eigenvalue weighted by atomic mass is 16.5. The Morgan fingerprint density at radius 2 is 1.95 bits per heavy atom. The molecule has 1 saturated heterocycles. The van der Waals surface area contributed by atoms with E-state index in [0.29, 0.717) is 6.61 Å². The predicted molar refractivity (Wildman–Crippen MR) is 74.7 cm³/mol. The molecule has 110 valence electrons. The fourth-order valence-corrected chi connectivity index (χ4v) is 2.71. The number of nitrogens with zero attached hydrogens (tertiary/aromatic N) is 1. The Labute approximate surface area is 116 Å². The third-order valence-electron chi connectivity index (χ3n) is 3.75. The molecule has 0 aliphatic carbocycles. The van der Waals surface area contributed by atoms with Crippen molar-refractivity contribution in [1.29, 1.82) is 0 Å². The first-order valence-corrected chi connectivity index (χ1v) is 7.60. The van der Waals surface area contributed by atoms with Crippen LogP contribution in [-0.4, -0.2) is 36.5 Å². The molecular formula is C15H27NO3. The van der Waals surface area contributed by atoms with E-state index >= 15 is 0 Å². The van der Waals surface area contributed by atoms with Crippen LogP contribution in [0.4, 0.5) is 0 Å². The number of ether oxygens (including phenoxy) is 1. The van der Waals surface area contributed by atoms with E-state index in [0.717, 1.165) is 31.8 Å². The number of likely N-dealkylation sites (tertiary alicyclic amines) is 1. The largest absolute Gasteiger partial charge is 0.466 e. The fourth-order valence-electron chi connectivity index (χ4n) is 2.71. The molecule has 4 heteroatoms. The lowest BCUT2D eigenvalue weighted by Crippen LogP contribution is -2.32. The average molecular weight is 269 g/mol. The zero-order valence-corrected chi connectivity index (χ0v) is 12.3. The molecule has 1 rings (SSSR count). The summed E-state index contributed by atoms with van der Waals surface area (Å²) in [6.07, 6.45) is 6.43. The Morgan fingerprint density at radius 3 is 2.63 bits per heavy atom. The van der Waals surface area contributed by atoms with E-state index in [-0.39, 0.29) is 24.7 Å². The number of esters is 1. The maximum Gasteiger partial charge on any atom is 0.306 e. The summed E-state index contributed by atoms with van der Waals surface area (Å²) in [6, 6.07) is 0. The van der Waals surface area contributed by atoms with E-state index in [1.54, 1.807) is 6.92 Å². The minimum absolute atomic E-state index is 0.102. The van der Waals surface area contributed by atoms with Crippen LogP contribution in [-0.2, 0) is 14.3 Å². The molecule has 0 radical (unpaired) electrons. The number of amides is 1. The summed E-state index contributed by atoms with van der Waals surface area (Å²) in [5.74, 6) is 0.604. The van der Waals surface area contributed by atoms with Crippen molar-refractivity contribution in [3.05, 3.63) is 0 Å². The minimum atomic E-state index is -0.269. The normalized spacial score (nSPS) is 19.9. The summed E-state index contributed by atoms with van der Waals surface area (Å²) in [5.41, 5.74) is 0. The molecule has 1 amide bonds. The number of hydrogen-bond donors (Lipinski definition) is 0. The summed E-state index contributed by atoms with van der Waals surface area (Å²) in [4.78, 5) is 25.2. The highest BCUT2D eigenvalue weighted by Gasteiger charge is 2.20. The van der Waals surface area contributed by atoms with Crippen LogP contribution in [0.1, 0.15) is 58.8 Å². The van der Waals surface area contributed by atoms with Crippen LogP contribution in [0.25, 0.3) is 0 Å². The van der Waals surface area contributed by atoms with Gasteiger partial charge in [-0.15, -0.1) is 0 Å². The van der Waals surface area contributed by atoms with Gasteiger partial charge in [-0.2, -0.15) is 0 Å². The Balaban J connectivity index is 2.30. The molecule has 1 unspecified atom stereocenters. The lowest BCUT2D eigenvalue weighted by Gasteiger charge is -2.20. The first-order chi connectivity index (χ1) is 9.17. The quantitative estimate of drug-likeness (QED) is 0.697. The Morgan fingerprint density at radius 1 is 1.16 bits per heavy atom. The molecule has 0 bridgehead atoms. The van der Waals surface area contributed by atoms with Crippen molar-refractivity contribution in [2.24, 2.45) is 5.92 Å². The maximum absolute atomic E-state index is 12.0. The standard InChI is InChI=1S/C15H27NO3/c1-3-6-13-7-5-11-16(12-10-13)14(17)8-9-15(18)19-4-2/h13H,3-12H2,1-2H3. The third-order valence-corrected chi connectivity index (χ3v) is 3.75. The van der Waals surface area contributed by atoms with Crippen LogP contribution in [0.15, 0.2) is 0 Å². The first-order valence-electron chi connectivity index (χ1n) is 7.60. The molecule has 1 heterocycles. The fraction of sp³-hybridized carbons (Fsp3) is 0.867. The van der Waals surface area contributed by atoms with E-state index in [1.807, 2.05) is 4.90 Å². The summed E-state index contributed by atoms with van der Waals surface area (Å²) in [5, 5.41) is 0.